The second-order valence-electron chi connectivity index (χ2n) is 5.97. The molecule has 3 rings (SSSR count). The summed E-state index contributed by atoms with van der Waals surface area (Å²) in [5, 5.41) is 0. The Kier molecular flexibility index (Phi) is 6.47. The van der Waals surface area contributed by atoms with Gasteiger partial charge in [0.25, 0.3) is 0 Å². The highest BCUT2D eigenvalue weighted by Crippen LogP contribution is 2.26. The zero-order chi connectivity index (χ0) is 18.9. The number of esters is 1. The molecule has 0 aliphatic heterocycles. The van der Waals surface area contributed by atoms with Crippen LogP contribution >= 0.6 is 0 Å². The number of carbonyl (C=O) groups excluding carboxylic acids is 1. The van der Waals surface area contributed by atoms with Crippen LogP contribution in [-0.2, 0) is 4.79 Å². The van der Waals surface area contributed by atoms with Gasteiger partial charge in [-0.15, -0.1) is 0 Å². The van der Waals surface area contributed by atoms with E-state index in [1.54, 1.807) is 7.11 Å². The number of benzene rings is 3. The summed E-state index contributed by atoms with van der Waals surface area (Å²) in [6.07, 6.45) is 0.856. The fourth-order valence-corrected chi connectivity index (χ4v) is 2.67. The Labute approximate surface area is 159 Å². The molecule has 0 unspecified atom stereocenters. The zero-order valence-corrected chi connectivity index (χ0v) is 15.3. The first-order chi connectivity index (χ1) is 13.3. The number of hydrogen-bond donors (Lipinski definition) is 0. The van der Waals surface area contributed by atoms with Crippen LogP contribution in [0.15, 0.2) is 78.9 Å². The highest BCUT2D eigenvalue weighted by molar-refractivity contribution is 5.73. The minimum atomic E-state index is -0.272. The molecule has 0 aliphatic carbocycles. The fourth-order valence-electron chi connectivity index (χ4n) is 2.67. The Morgan fingerprint density at radius 1 is 0.778 bits per heavy atom. The SMILES string of the molecule is COc1ccccc1OCCCC(=O)Oc1ccc(-c2ccccc2)cc1. The van der Waals surface area contributed by atoms with Gasteiger partial charge in [-0.1, -0.05) is 54.6 Å². The maximum atomic E-state index is 12.0. The van der Waals surface area contributed by atoms with Gasteiger partial charge in [-0.05, 0) is 41.8 Å². The van der Waals surface area contributed by atoms with Crippen molar-refractivity contribution < 1.29 is 19.0 Å². The quantitative estimate of drug-likeness (QED) is 0.317. The molecule has 0 spiro atoms. The van der Waals surface area contributed by atoms with E-state index in [2.05, 4.69) is 0 Å². The van der Waals surface area contributed by atoms with Crippen LogP contribution in [0.25, 0.3) is 11.1 Å². The third kappa shape index (κ3) is 5.35. The lowest BCUT2D eigenvalue weighted by Gasteiger charge is -2.10. The molecular formula is C23H22O4. The predicted octanol–water partition coefficient (Wildman–Crippen LogP) is 5.13. The summed E-state index contributed by atoms with van der Waals surface area (Å²) in [5.41, 5.74) is 2.21. The molecule has 138 valence electrons. The molecule has 0 radical (unpaired) electrons. The summed E-state index contributed by atoms with van der Waals surface area (Å²) in [5.74, 6) is 1.62. The van der Waals surface area contributed by atoms with Gasteiger partial charge >= 0.3 is 5.97 Å². The molecule has 0 N–H and O–H groups in total. The molecule has 0 saturated heterocycles. The zero-order valence-electron chi connectivity index (χ0n) is 15.3. The first-order valence-corrected chi connectivity index (χ1v) is 8.88. The Bertz CT molecular complexity index is 857. The standard InChI is InChI=1S/C23H22O4/c1-25-21-10-5-6-11-22(21)26-17-7-12-23(24)27-20-15-13-19(14-16-20)18-8-3-2-4-9-18/h2-6,8-11,13-16H,7,12,17H2,1H3. The molecule has 0 fully saturated rings. The van der Waals surface area contributed by atoms with Gasteiger partial charge in [-0.3, -0.25) is 4.79 Å². The molecule has 27 heavy (non-hydrogen) atoms. The van der Waals surface area contributed by atoms with Crippen molar-refractivity contribution in [2.75, 3.05) is 13.7 Å². The molecule has 4 nitrogen and oxygen atoms in total. The Morgan fingerprint density at radius 3 is 2.11 bits per heavy atom. The number of hydrogen-bond acceptors (Lipinski definition) is 4. The van der Waals surface area contributed by atoms with E-state index in [-0.39, 0.29) is 12.4 Å². The lowest BCUT2D eigenvalue weighted by atomic mass is 10.1. The molecule has 0 aliphatic rings. The van der Waals surface area contributed by atoms with Crippen LogP contribution in [0.3, 0.4) is 0 Å². The normalized spacial score (nSPS) is 10.3. The van der Waals surface area contributed by atoms with Gasteiger partial charge in [0, 0.05) is 6.42 Å². The van der Waals surface area contributed by atoms with Crippen molar-refractivity contribution in [2.45, 2.75) is 12.8 Å². The number of rotatable bonds is 8. The number of methoxy groups -OCH3 is 1. The lowest BCUT2D eigenvalue weighted by molar-refractivity contribution is -0.134. The van der Waals surface area contributed by atoms with Crippen molar-refractivity contribution in [1.29, 1.82) is 0 Å². The molecule has 0 bridgehead atoms. The van der Waals surface area contributed by atoms with Crippen molar-refractivity contribution in [1.82, 2.24) is 0 Å². The predicted molar refractivity (Wildman–Crippen MR) is 105 cm³/mol. The third-order valence-corrected chi connectivity index (χ3v) is 4.05. The first-order valence-electron chi connectivity index (χ1n) is 8.88. The van der Waals surface area contributed by atoms with Gasteiger partial charge in [-0.2, -0.15) is 0 Å². The molecule has 0 amide bonds. The molecule has 0 saturated carbocycles. The Hall–Kier alpha value is -3.27. The topological polar surface area (TPSA) is 44.8 Å². The number of carbonyl (C=O) groups is 1. The smallest absolute Gasteiger partial charge is 0.311 e. The lowest BCUT2D eigenvalue weighted by Crippen LogP contribution is -2.10. The van der Waals surface area contributed by atoms with Crippen LogP contribution in [0, 0.1) is 0 Å². The van der Waals surface area contributed by atoms with Crippen molar-refractivity contribution in [3.05, 3.63) is 78.9 Å². The Morgan fingerprint density at radius 2 is 1.41 bits per heavy atom. The second kappa shape index (κ2) is 9.43. The summed E-state index contributed by atoms with van der Waals surface area (Å²) >= 11 is 0. The minimum Gasteiger partial charge on any atom is -0.493 e. The van der Waals surface area contributed by atoms with E-state index in [1.165, 1.54) is 0 Å². The van der Waals surface area contributed by atoms with E-state index in [9.17, 15) is 4.79 Å². The van der Waals surface area contributed by atoms with Gasteiger partial charge in [0.05, 0.1) is 13.7 Å². The van der Waals surface area contributed by atoms with Crippen LogP contribution in [0.5, 0.6) is 17.2 Å². The van der Waals surface area contributed by atoms with E-state index in [4.69, 9.17) is 14.2 Å². The Balaban J connectivity index is 1.44. The van der Waals surface area contributed by atoms with Crippen LogP contribution in [0.2, 0.25) is 0 Å². The summed E-state index contributed by atoms with van der Waals surface area (Å²) in [6, 6.07) is 25.0. The van der Waals surface area contributed by atoms with Crippen molar-refractivity contribution >= 4 is 5.97 Å². The number of ether oxygens (including phenoxy) is 3. The molecule has 0 aromatic heterocycles. The summed E-state index contributed by atoms with van der Waals surface area (Å²) < 4.78 is 16.3. The van der Waals surface area contributed by atoms with Crippen molar-refractivity contribution in [3.8, 4) is 28.4 Å². The second-order valence-corrected chi connectivity index (χ2v) is 5.97. The summed E-state index contributed by atoms with van der Waals surface area (Å²) in [7, 11) is 1.60. The van der Waals surface area contributed by atoms with E-state index in [0.29, 0.717) is 30.3 Å². The average molecular weight is 362 g/mol. The maximum Gasteiger partial charge on any atom is 0.311 e. The monoisotopic (exact) mass is 362 g/mol. The van der Waals surface area contributed by atoms with Gasteiger partial charge in [-0.25, -0.2) is 0 Å². The van der Waals surface area contributed by atoms with Gasteiger partial charge in [0.1, 0.15) is 5.75 Å². The largest absolute Gasteiger partial charge is 0.493 e. The molecule has 0 heterocycles. The molecule has 4 heteroatoms. The van der Waals surface area contributed by atoms with Crippen LogP contribution < -0.4 is 14.2 Å². The van der Waals surface area contributed by atoms with E-state index in [1.807, 2.05) is 78.9 Å². The van der Waals surface area contributed by atoms with Gasteiger partial charge < -0.3 is 14.2 Å². The summed E-state index contributed by atoms with van der Waals surface area (Å²) in [6.45, 7) is 0.419. The van der Waals surface area contributed by atoms with Crippen molar-refractivity contribution in [2.24, 2.45) is 0 Å². The van der Waals surface area contributed by atoms with E-state index < -0.39 is 0 Å². The molecular weight excluding hydrogens is 340 g/mol. The third-order valence-electron chi connectivity index (χ3n) is 4.05. The van der Waals surface area contributed by atoms with Crippen LogP contribution in [-0.4, -0.2) is 19.7 Å². The number of para-hydroxylation sites is 2. The maximum absolute atomic E-state index is 12.0. The molecule has 0 atom stereocenters. The van der Waals surface area contributed by atoms with Gasteiger partial charge in [0.15, 0.2) is 11.5 Å². The van der Waals surface area contributed by atoms with E-state index >= 15 is 0 Å². The minimum absolute atomic E-state index is 0.272. The highest BCUT2D eigenvalue weighted by Gasteiger charge is 2.07. The van der Waals surface area contributed by atoms with Crippen molar-refractivity contribution in [3.63, 3.8) is 0 Å². The fraction of sp³-hybridized carbons (Fsp3) is 0.174. The average Bonchev–Trinajstić information content (AvgIpc) is 2.73. The first kappa shape index (κ1) is 18.5. The van der Waals surface area contributed by atoms with Crippen LogP contribution in [0.4, 0.5) is 0 Å². The van der Waals surface area contributed by atoms with Crippen LogP contribution in [0.1, 0.15) is 12.8 Å². The van der Waals surface area contributed by atoms with Gasteiger partial charge in [0.2, 0.25) is 0 Å². The highest BCUT2D eigenvalue weighted by atomic mass is 16.5. The van der Waals surface area contributed by atoms with E-state index in [0.717, 1.165) is 11.1 Å². The molecule has 3 aromatic carbocycles. The molecule has 3 aromatic rings. The summed E-state index contributed by atoms with van der Waals surface area (Å²) in [4.78, 5) is 12.0.